The van der Waals surface area contributed by atoms with E-state index in [0.717, 1.165) is 11.8 Å². The Morgan fingerprint density at radius 1 is 1.12 bits per heavy atom. The van der Waals surface area contributed by atoms with Crippen LogP contribution in [0.3, 0.4) is 0 Å². The maximum Gasteiger partial charge on any atom is 0.166 e. The van der Waals surface area contributed by atoms with Crippen molar-refractivity contribution in [3.8, 4) is 0 Å². The van der Waals surface area contributed by atoms with Crippen LogP contribution >= 0.6 is 23.5 Å². The molecule has 2 N–H and O–H groups in total. The number of hydrogen-bond acceptors (Lipinski definition) is 7. The highest BCUT2D eigenvalue weighted by atomic mass is 32.2. The summed E-state index contributed by atoms with van der Waals surface area (Å²) in [6.45, 7) is 0. The number of carbonyl (C=O) groups is 3. The summed E-state index contributed by atoms with van der Waals surface area (Å²) in [6, 6.07) is 7.14. The SMILES string of the molecule is O=C[C@H]1NCSC1C(=O)[C@H]1NCSC1C(=O)CC1C=Cc2ccccc21. The van der Waals surface area contributed by atoms with Gasteiger partial charge in [-0.1, -0.05) is 36.4 Å². The molecule has 136 valence electrons. The van der Waals surface area contributed by atoms with E-state index in [1.165, 1.54) is 29.1 Å². The van der Waals surface area contributed by atoms with Crippen molar-refractivity contribution in [2.24, 2.45) is 0 Å². The first kappa shape index (κ1) is 18.0. The molecule has 1 aromatic rings. The van der Waals surface area contributed by atoms with Crippen molar-refractivity contribution in [1.82, 2.24) is 10.6 Å². The highest BCUT2D eigenvalue weighted by Crippen LogP contribution is 2.35. The van der Waals surface area contributed by atoms with Gasteiger partial charge in [-0.05, 0) is 11.1 Å². The van der Waals surface area contributed by atoms with E-state index in [2.05, 4.69) is 34.9 Å². The van der Waals surface area contributed by atoms with E-state index in [-0.39, 0.29) is 22.7 Å². The Balaban J connectivity index is 1.45. The van der Waals surface area contributed by atoms with Gasteiger partial charge >= 0.3 is 0 Å². The van der Waals surface area contributed by atoms with Crippen molar-refractivity contribution < 1.29 is 14.4 Å². The highest BCUT2D eigenvalue weighted by molar-refractivity contribution is 8.01. The Bertz CT molecular complexity index is 767. The zero-order valence-corrected chi connectivity index (χ0v) is 15.7. The Morgan fingerprint density at radius 3 is 2.73 bits per heavy atom. The maximum atomic E-state index is 13.0. The summed E-state index contributed by atoms with van der Waals surface area (Å²) in [7, 11) is 0. The van der Waals surface area contributed by atoms with Gasteiger partial charge in [0.05, 0.1) is 22.6 Å². The van der Waals surface area contributed by atoms with Crippen molar-refractivity contribution in [3.05, 3.63) is 41.5 Å². The Morgan fingerprint density at radius 2 is 1.88 bits per heavy atom. The maximum absolute atomic E-state index is 13.0. The number of carbonyl (C=O) groups excluding carboxylic acids is 3. The predicted octanol–water partition coefficient (Wildman–Crippen LogP) is 1.59. The molecule has 0 saturated carbocycles. The zero-order chi connectivity index (χ0) is 18.1. The zero-order valence-electron chi connectivity index (χ0n) is 14.1. The van der Waals surface area contributed by atoms with Crippen LogP contribution in [0.1, 0.15) is 23.5 Å². The molecular weight excluding hydrogens is 368 g/mol. The summed E-state index contributed by atoms with van der Waals surface area (Å²) in [5.41, 5.74) is 2.34. The molecule has 5 nitrogen and oxygen atoms in total. The molecule has 0 radical (unpaired) electrons. The normalized spacial score (nSPS) is 32.5. The molecule has 0 spiro atoms. The van der Waals surface area contributed by atoms with Gasteiger partial charge in [-0.25, -0.2) is 0 Å². The van der Waals surface area contributed by atoms with Crippen molar-refractivity contribution in [2.75, 3.05) is 11.8 Å². The molecule has 7 heteroatoms. The standard InChI is InChI=1S/C19H20N2O3S2/c22-8-14-18(25-9-20-14)17(24)16-19(26-10-21-16)15(23)7-12-6-5-11-3-1-2-4-13(11)12/h1-6,8,12,14,16,18-21H,7,9-10H2/t12?,14-,16-,18?,19?/m1/s1. The van der Waals surface area contributed by atoms with Crippen LogP contribution in [0.15, 0.2) is 30.3 Å². The Hall–Kier alpha value is -1.41. The summed E-state index contributed by atoms with van der Waals surface area (Å²) < 4.78 is 0. The van der Waals surface area contributed by atoms with E-state index >= 15 is 0 Å². The van der Waals surface area contributed by atoms with Crippen LogP contribution in [0.5, 0.6) is 0 Å². The molecule has 4 rings (SSSR count). The summed E-state index contributed by atoms with van der Waals surface area (Å²) in [6.07, 6.45) is 5.34. The third kappa shape index (κ3) is 3.29. The van der Waals surface area contributed by atoms with Crippen molar-refractivity contribution in [1.29, 1.82) is 0 Å². The minimum absolute atomic E-state index is 0.0391. The second-order valence-corrected chi connectivity index (χ2v) is 8.94. The molecule has 0 aromatic heterocycles. The van der Waals surface area contributed by atoms with Gasteiger partial charge in [0.15, 0.2) is 5.78 Å². The molecule has 0 bridgehead atoms. The van der Waals surface area contributed by atoms with Crippen molar-refractivity contribution in [2.45, 2.75) is 34.9 Å². The molecule has 1 aromatic carbocycles. The molecule has 1 aliphatic carbocycles. The van der Waals surface area contributed by atoms with Crippen LogP contribution in [-0.2, 0) is 14.4 Å². The Labute approximate surface area is 160 Å². The van der Waals surface area contributed by atoms with Crippen LogP contribution in [0, 0.1) is 0 Å². The fourth-order valence-corrected chi connectivity index (χ4v) is 6.10. The average Bonchev–Trinajstić information content (AvgIpc) is 3.40. The number of thioether (sulfide) groups is 2. The minimum Gasteiger partial charge on any atom is -0.302 e. The number of benzene rings is 1. The molecule has 0 amide bonds. The van der Waals surface area contributed by atoms with Gasteiger partial charge in [-0.15, -0.1) is 23.5 Å². The minimum atomic E-state index is -0.507. The molecule has 2 fully saturated rings. The summed E-state index contributed by atoms with van der Waals surface area (Å²) in [4.78, 5) is 37.0. The first-order valence-electron chi connectivity index (χ1n) is 8.68. The number of ketones is 2. The predicted molar refractivity (Wildman–Crippen MR) is 105 cm³/mol. The number of hydrogen-bond donors (Lipinski definition) is 2. The lowest BCUT2D eigenvalue weighted by atomic mass is 9.91. The number of nitrogens with one attached hydrogen (secondary N) is 2. The van der Waals surface area contributed by atoms with Gasteiger partial charge in [-0.3, -0.25) is 20.2 Å². The second-order valence-electron chi connectivity index (χ2n) is 6.68. The smallest absolute Gasteiger partial charge is 0.166 e. The number of allylic oxidation sites excluding steroid dienone is 1. The van der Waals surface area contributed by atoms with Crippen LogP contribution in [0.25, 0.3) is 6.08 Å². The molecular formula is C19H20N2O3S2. The molecule has 2 saturated heterocycles. The lowest BCUT2D eigenvalue weighted by Crippen LogP contribution is -2.49. The molecule has 2 aliphatic heterocycles. The fraction of sp³-hybridized carbons (Fsp3) is 0.421. The lowest BCUT2D eigenvalue weighted by molar-refractivity contribution is -0.125. The van der Waals surface area contributed by atoms with E-state index in [1.54, 1.807) is 0 Å². The van der Waals surface area contributed by atoms with Crippen molar-refractivity contribution >= 4 is 47.5 Å². The summed E-state index contributed by atoms with van der Waals surface area (Å²) in [5, 5.41) is 5.40. The topological polar surface area (TPSA) is 75.3 Å². The average molecular weight is 389 g/mol. The first-order valence-corrected chi connectivity index (χ1v) is 10.8. The number of rotatable bonds is 6. The monoisotopic (exact) mass is 388 g/mol. The second kappa shape index (κ2) is 7.68. The number of Topliss-reactive ketones (excluding diaryl/α,β-unsaturated/α-hetero) is 2. The van der Waals surface area contributed by atoms with Gasteiger partial charge in [-0.2, -0.15) is 0 Å². The van der Waals surface area contributed by atoms with E-state index in [0.29, 0.717) is 18.2 Å². The van der Waals surface area contributed by atoms with E-state index in [1.807, 2.05) is 12.1 Å². The van der Waals surface area contributed by atoms with Crippen LogP contribution in [-0.4, -0.2) is 52.2 Å². The number of aldehydes is 1. The third-order valence-corrected chi connectivity index (χ3v) is 7.60. The molecule has 5 atom stereocenters. The van der Waals surface area contributed by atoms with E-state index < -0.39 is 17.3 Å². The van der Waals surface area contributed by atoms with Gasteiger partial charge < -0.3 is 4.79 Å². The largest absolute Gasteiger partial charge is 0.302 e. The molecule has 3 aliphatic rings. The molecule has 2 heterocycles. The summed E-state index contributed by atoms with van der Waals surface area (Å²) in [5.74, 6) is 1.31. The third-order valence-electron chi connectivity index (χ3n) is 5.15. The van der Waals surface area contributed by atoms with Crippen LogP contribution in [0.2, 0.25) is 0 Å². The van der Waals surface area contributed by atoms with Gasteiger partial charge in [0.2, 0.25) is 0 Å². The fourth-order valence-electron chi connectivity index (χ4n) is 3.79. The Kier molecular flexibility index (Phi) is 5.31. The quantitative estimate of drug-likeness (QED) is 0.717. The van der Waals surface area contributed by atoms with Crippen molar-refractivity contribution in [3.63, 3.8) is 0 Å². The molecule has 26 heavy (non-hydrogen) atoms. The summed E-state index contributed by atoms with van der Waals surface area (Å²) >= 11 is 2.94. The van der Waals surface area contributed by atoms with Crippen LogP contribution < -0.4 is 10.6 Å². The lowest BCUT2D eigenvalue weighted by Gasteiger charge is -2.22. The van der Waals surface area contributed by atoms with Gasteiger partial charge in [0.25, 0.3) is 0 Å². The molecule has 3 unspecified atom stereocenters. The van der Waals surface area contributed by atoms with E-state index in [9.17, 15) is 14.4 Å². The number of fused-ring (bicyclic) bond motifs is 1. The van der Waals surface area contributed by atoms with Crippen LogP contribution in [0.4, 0.5) is 0 Å². The van der Waals surface area contributed by atoms with E-state index in [4.69, 9.17) is 0 Å². The van der Waals surface area contributed by atoms with Gasteiger partial charge in [0, 0.05) is 24.1 Å². The first-order chi connectivity index (χ1) is 12.7. The highest BCUT2D eigenvalue weighted by Gasteiger charge is 2.44. The van der Waals surface area contributed by atoms with Gasteiger partial charge in [0.1, 0.15) is 12.1 Å².